The molecule has 0 amide bonds. The van der Waals surface area contributed by atoms with Gasteiger partial charge in [-0.15, -0.1) is 0 Å². The molecular weight excluding hydrogens is 244 g/mol. The zero-order chi connectivity index (χ0) is 14.0. The predicted octanol–water partition coefficient (Wildman–Crippen LogP) is 1.32. The molecule has 1 fully saturated rings. The van der Waals surface area contributed by atoms with Crippen molar-refractivity contribution in [1.82, 2.24) is 14.7 Å². The van der Waals surface area contributed by atoms with Crippen LogP contribution < -0.4 is 5.32 Å². The number of nitrogens with zero attached hydrogens (tertiary/aromatic N) is 3. The number of carbonyl (C=O) groups is 1. The van der Waals surface area contributed by atoms with E-state index in [-0.39, 0.29) is 11.6 Å². The molecule has 0 aromatic carbocycles. The lowest BCUT2D eigenvalue weighted by atomic mass is 10.2. The summed E-state index contributed by atoms with van der Waals surface area (Å²) in [4.78, 5) is 13.7. The van der Waals surface area contributed by atoms with Gasteiger partial charge in [0.1, 0.15) is 11.4 Å². The van der Waals surface area contributed by atoms with Crippen LogP contribution in [0.2, 0.25) is 0 Å². The van der Waals surface area contributed by atoms with E-state index >= 15 is 0 Å². The summed E-state index contributed by atoms with van der Waals surface area (Å²) in [6, 6.07) is 0.200. The van der Waals surface area contributed by atoms with Gasteiger partial charge in [0.05, 0.1) is 5.69 Å². The number of rotatable bonds is 5. The van der Waals surface area contributed by atoms with E-state index in [1.54, 1.807) is 18.7 Å². The highest BCUT2D eigenvalue weighted by atomic mass is 16.4. The first-order chi connectivity index (χ1) is 8.99. The number of aryl methyl sites for hydroxylation is 2. The first-order valence-electron chi connectivity index (χ1n) is 6.75. The summed E-state index contributed by atoms with van der Waals surface area (Å²) in [5.41, 5.74) is 0.821. The summed E-state index contributed by atoms with van der Waals surface area (Å²) in [5.74, 6) is -0.335. The number of likely N-dealkylation sites (tertiary alicyclic amines) is 1. The lowest BCUT2D eigenvalue weighted by molar-refractivity contribution is 0.0697. The molecule has 1 aliphatic heterocycles. The maximum atomic E-state index is 11.3. The van der Waals surface area contributed by atoms with Gasteiger partial charge in [-0.2, -0.15) is 5.10 Å². The van der Waals surface area contributed by atoms with Crippen molar-refractivity contribution in [3.63, 3.8) is 0 Å². The molecule has 0 bridgehead atoms. The molecule has 6 nitrogen and oxygen atoms in total. The summed E-state index contributed by atoms with van der Waals surface area (Å²) < 4.78 is 1.61. The number of hydrogen-bond donors (Lipinski definition) is 2. The number of aromatic nitrogens is 2. The molecule has 0 aliphatic carbocycles. The second kappa shape index (κ2) is 5.61. The summed E-state index contributed by atoms with van der Waals surface area (Å²) in [6.07, 6.45) is 2.52. The van der Waals surface area contributed by atoms with Crippen molar-refractivity contribution in [2.45, 2.75) is 32.7 Å². The van der Waals surface area contributed by atoms with Gasteiger partial charge in [0, 0.05) is 19.6 Å². The van der Waals surface area contributed by atoms with Gasteiger partial charge < -0.3 is 15.3 Å². The predicted molar refractivity (Wildman–Crippen MR) is 73.7 cm³/mol. The van der Waals surface area contributed by atoms with Crippen molar-refractivity contribution < 1.29 is 9.90 Å². The van der Waals surface area contributed by atoms with Crippen LogP contribution in [0.1, 0.15) is 35.8 Å². The van der Waals surface area contributed by atoms with Crippen LogP contribution in [0.4, 0.5) is 5.82 Å². The SMILES string of the molecule is Cc1nn(C)c(NC(C)CN2CCCC2)c1C(=O)O. The third-order valence-electron chi connectivity index (χ3n) is 3.55. The number of nitrogens with one attached hydrogen (secondary N) is 1. The van der Waals surface area contributed by atoms with Crippen LogP contribution in [0.25, 0.3) is 0 Å². The van der Waals surface area contributed by atoms with Gasteiger partial charge in [-0.3, -0.25) is 4.68 Å². The topological polar surface area (TPSA) is 70.4 Å². The van der Waals surface area contributed by atoms with Crippen molar-refractivity contribution in [2.24, 2.45) is 7.05 Å². The van der Waals surface area contributed by atoms with Crippen LogP contribution in [0.15, 0.2) is 0 Å². The average molecular weight is 266 g/mol. The van der Waals surface area contributed by atoms with Gasteiger partial charge in [0.25, 0.3) is 0 Å². The van der Waals surface area contributed by atoms with E-state index in [1.807, 2.05) is 0 Å². The standard InChI is InChI=1S/C13H22N4O2/c1-9(8-17-6-4-5-7-17)14-12-11(13(18)19)10(2)15-16(12)3/h9,14H,4-8H2,1-3H3,(H,18,19). The molecule has 1 atom stereocenters. The van der Waals surface area contributed by atoms with Crippen molar-refractivity contribution in [2.75, 3.05) is 25.0 Å². The molecule has 0 saturated carbocycles. The molecule has 2 rings (SSSR count). The maximum Gasteiger partial charge on any atom is 0.341 e. The molecule has 0 radical (unpaired) electrons. The quantitative estimate of drug-likeness (QED) is 0.841. The van der Waals surface area contributed by atoms with Gasteiger partial charge in [-0.05, 0) is 39.8 Å². The van der Waals surface area contributed by atoms with E-state index in [9.17, 15) is 9.90 Å². The number of anilines is 1. The fraction of sp³-hybridized carbons (Fsp3) is 0.692. The molecule has 1 aromatic rings. The number of carboxylic acid groups (broad SMARTS) is 1. The Balaban J connectivity index is 2.07. The monoisotopic (exact) mass is 266 g/mol. The molecule has 1 unspecified atom stereocenters. The summed E-state index contributed by atoms with van der Waals surface area (Å²) in [6.45, 7) is 7.01. The van der Waals surface area contributed by atoms with Gasteiger partial charge in [-0.25, -0.2) is 4.79 Å². The third kappa shape index (κ3) is 3.07. The van der Waals surface area contributed by atoms with E-state index in [2.05, 4.69) is 22.2 Å². The second-order valence-electron chi connectivity index (χ2n) is 5.29. The molecular formula is C13H22N4O2. The molecule has 2 heterocycles. The molecule has 6 heteroatoms. The smallest absolute Gasteiger partial charge is 0.341 e. The highest BCUT2D eigenvalue weighted by Crippen LogP contribution is 2.20. The molecule has 106 valence electrons. The van der Waals surface area contributed by atoms with E-state index < -0.39 is 5.97 Å². The Morgan fingerprint density at radius 2 is 2.11 bits per heavy atom. The zero-order valence-electron chi connectivity index (χ0n) is 11.8. The molecule has 1 aliphatic rings. The third-order valence-corrected chi connectivity index (χ3v) is 3.55. The van der Waals surface area contributed by atoms with E-state index in [4.69, 9.17) is 0 Å². The van der Waals surface area contributed by atoms with Crippen LogP contribution in [0.5, 0.6) is 0 Å². The van der Waals surface area contributed by atoms with Crippen molar-refractivity contribution in [3.8, 4) is 0 Å². The maximum absolute atomic E-state index is 11.3. The van der Waals surface area contributed by atoms with Gasteiger partial charge in [-0.1, -0.05) is 0 Å². The largest absolute Gasteiger partial charge is 0.477 e. The van der Waals surface area contributed by atoms with Crippen molar-refractivity contribution in [3.05, 3.63) is 11.3 Å². The first-order valence-corrected chi connectivity index (χ1v) is 6.75. The Kier molecular flexibility index (Phi) is 4.09. The van der Waals surface area contributed by atoms with Crippen molar-refractivity contribution >= 4 is 11.8 Å². The highest BCUT2D eigenvalue weighted by molar-refractivity contribution is 5.94. The van der Waals surface area contributed by atoms with Gasteiger partial charge in [0.2, 0.25) is 0 Å². The lowest BCUT2D eigenvalue weighted by Gasteiger charge is -2.22. The molecule has 19 heavy (non-hydrogen) atoms. The van der Waals surface area contributed by atoms with Crippen molar-refractivity contribution in [1.29, 1.82) is 0 Å². The summed E-state index contributed by atoms with van der Waals surface area (Å²) >= 11 is 0. The summed E-state index contributed by atoms with van der Waals surface area (Å²) in [5, 5.41) is 16.7. The molecule has 2 N–H and O–H groups in total. The number of carboxylic acids is 1. The number of hydrogen-bond acceptors (Lipinski definition) is 4. The Hall–Kier alpha value is -1.56. The molecule has 0 spiro atoms. The van der Waals surface area contributed by atoms with Crippen LogP contribution in [-0.2, 0) is 7.05 Å². The van der Waals surface area contributed by atoms with E-state index in [1.165, 1.54) is 12.8 Å². The second-order valence-corrected chi connectivity index (χ2v) is 5.29. The van der Waals surface area contributed by atoms with Gasteiger partial charge in [0.15, 0.2) is 0 Å². The minimum absolute atomic E-state index is 0.200. The average Bonchev–Trinajstić information content (AvgIpc) is 2.88. The van der Waals surface area contributed by atoms with Gasteiger partial charge >= 0.3 is 5.97 Å². The normalized spacial score (nSPS) is 17.6. The van der Waals surface area contributed by atoms with Crippen LogP contribution in [-0.4, -0.2) is 51.4 Å². The molecule has 1 saturated heterocycles. The Morgan fingerprint density at radius 3 is 2.68 bits per heavy atom. The minimum atomic E-state index is -0.929. The van der Waals surface area contributed by atoms with Crippen LogP contribution in [0, 0.1) is 6.92 Å². The first kappa shape index (κ1) is 13.9. The Morgan fingerprint density at radius 1 is 1.47 bits per heavy atom. The van der Waals surface area contributed by atoms with E-state index in [0.717, 1.165) is 19.6 Å². The Labute approximate surface area is 113 Å². The lowest BCUT2D eigenvalue weighted by Crippen LogP contribution is -2.33. The van der Waals surface area contributed by atoms with E-state index in [0.29, 0.717) is 11.5 Å². The fourth-order valence-electron chi connectivity index (χ4n) is 2.71. The number of aromatic carboxylic acids is 1. The Bertz CT molecular complexity index is 463. The van der Waals surface area contributed by atoms with Crippen LogP contribution in [0.3, 0.4) is 0 Å². The summed E-state index contributed by atoms with van der Waals surface area (Å²) in [7, 11) is 1.77. The highest BCUT2D eigenvalue weighted by Gasteiger charge is 2.22. The fourth-order valence-corrected chi connectivity index (χ4v) is 2.71. The van der Waals surface area contributed by atoms with Crippen LogP contribution >= 0.6 is 0 Å². The zero-order valence-corrected chi connectivity index (χ0v) is 11.8. The molecule has 1 aromatic heterocycles. The minimum Gasteiger partial charge on any atom is -0.477 e.